The van der Waals surface area contributed by atoms with E-state index in [9.17, 15) is 4.79 Å². The molecule has 1 aromatic rings. The number of carbonyl (C=O) groups excluding carboxylic acids is 1. The Bertz CT molecular complexity index is 482. The lowest BCUT2D eigenvalue weighted by atomic mass is 10.0. The van der Waals surface area contributed by atoms with Gasteiger partial charge in [-0.25, -0.2) is 0 Å². The Balaban J connectivity index is 1.84. The molecule has 0 radical (unpaired) electrons. The van der Waals surface area contributed by atoms with Gasteiger partial charge in [0.1, 0.15) is 5.82 Å². The van der Waals surface area contributed by atoms with E-state index >= 15 is 0 Å². The van der Waals surface area contributed by atoms with E-state index in [4.69, 9.17) is 5.73 Å². The molecule has 0 aromatic carbocycles. The first-order valence-corrected chi connectivity index (χ1v) is 7.97. The molecule has 3 N–H and O–H groups in total. The van der Waals surface area contributed by atoms with Crippen LogP contribution in [-0.2, 0) is 17.8 Å². The second-order valence-electron chi connectivity index (χ2n) is 6.27. The minimum atomic E-state index is -0.0901. The van der Waals surface area contributed by atoms with Gasteiger partial charge in [0.15, 0.2) is 5.82 Å². The third-order valence-electron chi connectivity index (χ3n) is 4.13. The summed E-state index contributed by atoms with van der Waals surface area (Å²) in [6.45, 7) is 6.90. The van der Waals surface area contributed by atoms with Crippen LogP contribution in [0.2, 0.25) is 0 Å². The van der Waals surface area contributed by atoms with Crippen molar-refractivity contribution in [3.8, 4) is 0 Å². The highest BCUT2D eigenvalue weighted by molar-refractivity contribution is 5.78. The van der Waals surface area contributed by atoms with Gasteiger partial charge in [-0.1, -0.05) is 13.3 Å². The van der Waals surface area contributed by atoms with Gasteiger partial charge in [0, 0.05) is 24.9 Å². The third-order valence-corrected chi connectivity index (χ3v) is 4.13. The maximum Gasteiger partial charge on any atom is 0.223 e. The molecule has 0 saturated carbocycles. The molecular formula is C15H27N5O. The van der Waals surface area contributed by atoms with Crippen LogP contribution in [0.5, 0.6) is 0 Å². The Morgan fingerprint density at radius 1 is 1.33 bits per heavy atom. The molecule has 21 heavy (non-hydrogen) atoms. The molecule has 2 heterocycles. The summed E-state index contributed by atoms with van der Waals surface area (Å²) in [5.74, 6) is 2.00. The third kappa shape index (κ3) is 4.03. The summed E-state index contributed by atoms with van der Waals surface area (Å²) in [5, 5.41) is 11.5. The molecule has 1 aliphatic rings. The van der Waals surface area contributed by atoms with Crippen molar-refractivity contribution >= 4 is 5.91 Å². The van der Waals surface area contributed by atoms with Gasteiger partial charge < -0.3 is 15.6 Å². The summed E-state index contributed by atoms with van der Waals surface area (Å²) in [6, 6.07) is 0.116. The molecule has 3 atom stereocenters. The largest absolute Gasteiger partial charge is 0.346 e. The molecule has 0 spiro atoms. The van der Waals surface area contributed by atoms with Crippen LogP contribution in [0.25, 0.3) is 0 Å². The van der Waals surface area contributed by atoms with Crippen molar-refractivity contribution < 1.29 is 4.79 Å². The Kier molecular flexibility index (Phi) is 5.33. The van der Waals surface area contributed by atoms with E-state index in [0.717, 1.165) is 50.3 Å². The monoisotopic (exact) mass is 293 g/mol. The van der Waals surface area contributed by atoms with Crippen molar-refractivity contribution in [1.82, 2.24) is 20.1 Å². The van der Waals surface area contributed by atoms with Crippen molar-refractivity contribution in [3.63, 3.8) is 0 Å². The lowest BCUT2D eigenvalue weighted by Gasteiger charge is -2.17. The molecular weight excluding hydrogens is 266 g/mol. The Morgan fingerprint density at radius 3 is 2.81 bits per heavy atom. The number of aromatic nitrogens is 3. The van der Waals surface area contributed by atoms with Crippen LogP contribution >= 0.6 is 0 Å². The predicted molar refractivity (Wildman–Crippen MR) is 81.6 cm³/mol. The summed E-state index contributed by atoms with van der Waals surface area (Å²) in [4.78, 5) is 12.2. The number of nitrogens with one attached hydrogen (secondary N) is 1. The van der Waals surface area contributed by atoms with Gasteiger partial charge >= 0.3 is 0 Å². The highest BCUT2D eigenvalue weighted by atomic mass is 16.1. The fraction of sp³-hybridized carbons (Fsp3) is 0.800. The average molecular weight is 293 g/mol. The van der Waals surface area contributed by atoms with Crippen LogP contribution in [0.4, 0.5) is 0 Å². The second-order valence-corrected chi connectivity index (χ2v) is 6.27. The van der Waals surface area contributed by atoms with Gasteiger partial charge in [0.05, 0.1) is 6.04 Å². The maximum absolute atomic E-state index is 12.2. The van der Waals surface area contributed by atoms with Gasteiger partial charge in [0.25, 0.3) is 0 Å². The van der Waals surface area contributed by atoms with E-state index in [1.165, 1.54) is 0 Å². The minimum absolute atomic E-state index is 0.00664. The van der Waals surface area contributed by atoms with Crippen molar-refractivity contribution in [1.29, 1.82) is 0 Å². The van der Waals surface area contributed by atoms with Gasteiger partial charge in [-0.3, -0.25) is 4.79 Å². The summed E-state index contributed by atoms with van der Waals surface area (Å²) in [7, 11) is 0. The van der Waals surface area contributed by atoms with Crippen LogP contribution in [-0.4, -0.2) is 26.7 Å². The summed E-state index contributed by atoms with van der Waals surface area (Å²) in [5.41, 5.74) is 5.73. The first-order valence-electron chi connectivity index (χ1n) is 7.97. The van der Waals surface area contributed by atoms with Crippen LogP contribution in [0.1, 0.15) is 64.1 Å². The van der Waals surface area contributed by atoms with Crippen molar-refractivity contribution in [2.24, 2.45) is 11.7 Å². The molecule has 0 aliphatic carbocycles. The number of nitrogens with two attached hydrogens (primary N) is 1. The maximum atomic E-state index is 12.2. The molecule has 2 rings (SSSR count). The number of aryl methyl sites for hydroxylation is 1. The first-order chi connectivity index (χ1) is 9.99. The summed E-state index contributed by atoms with van der Waals surface area (Å²) >= 11 is 0. The number of amides is 1. The zero-order valence-corrected chi connectivity index (χ0v) is 13.3. The van der Waals surface area contributed by atoms with Gasteiger partial charge in [-0.05, 0) is 33.1 Å². The van der Waals surface area contributed by atoms with Gasteiger partial charge in [-0.2, -0.15) is 0 Å². The van der Waals surface area contributed by atoms with Crippen LogP contribution < -0.4 is 11.1 Å². The average Bonchev–Trinajstić information content (AvgIpc) is 2.99. The molecule has 1 amide bonds. The lowest BCUT2D eigenvalue weighted by molar-refractivity contribution is -0.125. The van der Waals surface area contributed by atoms with E-state index in [2.05, 4.69) is 20.1 Å². The molecule has 1 aliphatic heterocycles. The molecule has 6 nitrogen and oxygen atoms in total. The smallest absolute Gasteiger partial charge is 0.223 e. The van der Waals surface area contributed by atoms with E-state index in [0.29, 0.717) is 0 Å². The number of hydrogen-bond acceptors (Lipinski definition) is 4. The fourth-order valence-electron chi connectivity index (χ4n) is 2.79. The molecule has 1 aromatic heterocycles. The van der Waals surface area contributed by atoms with Crippen LogP contribution in [0, 0.1) is 5.92 Å². The van der Waals surface area contributed by atoms with E-state index in [1.807, 2.05) is 20.8 Å². The molecule has 0 saturated heterocycles. The van der Waals surface area contributed by atoms with Crippen LogP contribution in [0.15, 0.2) is 0 Å². The van der Waals surface area contributed by atoms with Crippen molar-refractivity contribution in [2.45, 2.75) is 71.5 Å². The predicted octanol–water partition coefficient (Wildman–Crippen LogP) is 1.56. The van der Waals surface area contributed by atoms with E-state index in [-0.39, 0.29) is 23.9 Å². The summed E-state index contributed by atoms with van der Waals surface area (Å²) < 4.78 is 2.13. The Morgan fingerprint density at radius 2 is 2.10 bits per heavy atom. The number of rotatable bonds is 7. The SMILES string of the molecule is CC(N)CCCC(C)C(=O)NC(C)c1nnc2n1CCC2. The van der Waals surface area contributed by atoms with Crippen LogP contribution in [0.3, 0.4) is 0 Å². The highest BCUT2D eigenvalue weighted by Gasteiger charge is 2.23. The topological polar surface area (TPSA) is 85.8 Å². The Labute approximate surface area is 126 Å². The van der Waals surface area contributed by atoms with Gasteiger partial charge in [-0.15, -0.1) is 10.2 Å². The second kappa shape index (κ2) is 7.02. The normalized spacial score (nSPS) is 18.1. The highest BCUT2D eigenvalue weighted by Crippen LogP contribution is 2.19. The van der Waals surface area contributed by atoms with Crippen molar-refractivity contribution in [2.75, 3.05) is 0 Å². The number of hydrogen-bond donors (Lipinski definition) is 2. The number of fused-ring (bicyclic) bond motifs is 1. The standard InChI is InChI=1S/C15H27N5O/c1-10(6-4-7-11(2)16)15(21)17-12(3)14-19-18-13-8-5-9-20(13)14/h10-12H,4-9,16H2,1-3H3,(H,17,21). The minimum Gasteiger partial charge on any atom is -0.346 e. The van der Waals surface area contributed by atoms with E-state index < -0.39 is 0 Å². The fourth-order valence-corrected chi connectivity index (χ4v) is 2.79. The van der Waals surface area contributed by atoms with Crippen molar-refractivity contribution in [3.05, 3.63) is 11.6 Å². The summed E-state index contributed by atoms with van der Waals surface area (Å²) in [6.07, 6.45) is 4.93. The molecule has 3 unspecified atom stereocenters. The lowest BCUT2D eigenvalue weighted by Crippen LogP contribution is -2.33. The quantitative estimate of drug-likeness (QED) is 0.798. The number of nitrogens with zero attached hydrogens (tertiary/aromatic N) is 3. The number of carbonyl (C=O) groups is 1. The molecule has 6 heteroatoms. The molecule has 118 valence electrons. The van der Waals surface area contributed by atoms with Gasteiger partial charge in [0.2, 0.25) is 5.91 Å². The first kappa shape index (κ1) is 15.9. The van der Waals surface area contributed by atoms with E-state index in [1.54, 1.807) is 0 Å². The zero-order valence-electron chi connectivity index (χ0n) is 13.3. The molecule has 0 fully saturated rings. The Hall–Kier alpha value is -1.43. The molecule has 0 bridgehead atoms. The zero-order chi connectivity index (χ0) is 15.4.